The van der Waals surface area contributed by atoms with Crippen molar-refractivity contribution >= 4 is 5.91 Å². The van der Waals surface area contributed by atoms with Gasteiger partial charge in [-0.2, -0.15) is 0 Å². The number of amides is 1. The first-order chi connectivity index (χ1) is 3.72. The second-order valence-corrected chi connectivity index (χ2v) is 1.29. The molecule has 0 bridgehead atoms. The third-order valence-electron chi connectivity index (χ3n) is 0.740. The van der Waals surface area contributed by atoms with E-state index in [2.05, 4.69) is 11.2 Å². The molecule has 0 spiro atoms. The second kappa shape index (κ2) is 3.05. The van der Waals surface area contributed by atoms with Gasteiger partial charge in [0.2, 0.25) is 5.91 Å². The summed E-state index contributed by atoms with van der Waals surface area (Å²) in [6.07, 6.45) is 4.87. The molecule has 0 aromatic carbocycles. The van der Waals surface area contributed by atoms with Crippen molar-refractivity contribution in [2.24, 2.45) is 5.73 Å². The zero-order chi connectivity index (χ0) is 6.57. The average molecular weight is 112 g/mol. The van der Waals surface area contributed by atoms with Crippen molar-refractivity contribution in [1.29, 1.82) is 0 Å². The van der Waals surface area contributed by atoms with Crippen LogP contribution in [0.15, 0.2) is 0 Å². The van der Waals surface area contributed by atoms with Crippen LogP contribution in [-0.4, -0.2) is 19.0 Å². The van der Waals surface area contributed by atoms with Gasteiger partial charge < -0.3 is 5.73 Å². The van der Waals surface area contributed by atoms with Crippen LogP contribution in [0.3, 0.4) is 0 Å². The number of carbonyl (C=O) groups is 1. The molecule has 0 aliphatic carbocycles. The topological polar surface area (TPSA) is 55.1 Å². The molecule has 0 rings (SSSR count). The van der Waals surface area contributed by atoms with Crippen molar-refractivity contribution in [1.82, 2.24) is 5.32 Å². The van der Waals surface area contributed by atoms with E-state index in [0.717, 1.165) is 0 Å². The summed E-state index contributed by atoms with van der Waals surface area (Å²) >= 11 is 0. The van der Waals surface area contributed by atoms with E-state index in [0.29, 0.717) is 0 Å². The van der Waals surface area contributed by atoms with Gasteiger partial charge in [0.05, 0.1) is 0 Å². The Morgan fingerprint density at radius 3 is 2.50 bits per heavy atom. The zero-order valence-electron chi connectivity index (χ0n) is 4.64. The molecule has 44 valence electrons. The first-order valence-electron chi connectivity index (χ1n) is 2.15. The Balaban J connectivity index is 3.76. The van der Waals surface area contributed by atoms with Crippen molar-refractivity contribution < 1.29 is 4.79 Å². The van der Waals surface area contributed by atoms with Gasteiger partial charge in [-0.3, -0.25) is 10.1 Å². The number of likely N-dealkylation sites (N-methyl/N-ethyl adjacent to an activating group) is 1. The van der Waals surface area contributed by atoms with Gasteiger partial charge in [0.1, 0.15) is 6.04 Å². The molecule has 3 N–H and O–H groups in total. The summed E-state index contributed by atoms with van der Waals surface area (Å²) in [5, 5.41) is 2.54. The molecule has 0 aromatic rings. The van der Waals surface area contributed by atoms with Crippen molar-refractivity contribution in [2.75, 3.05) is 7.05 Å². The predicted octanol–water partition coefficient (Wildman–Crippen LogP) is -1.31. The quantitative estimate of drug-likeness (QED) is 0.436. The minimum absolute atomic E-state index is 0.519. The monoisotopic (exact) mass is 112 g/mol. The van der Waals surface area contributed by atoms with Crippen molar-refractivity contribution in [3.05, 3.63) is 0 Å². The van der Waals surface area contributed by atoms with Crippen LogP contribution in [-0.2, 0) is 4.79 Å². The number of hydrogen-bond acceptors (Lipinski definition) is 2. The molecule has 3 nitrogen and oxygen atoms in total. The first kappa shape index (κ1) is 6.99. The van der Waals surface area contributed by atoms with E-state index in [9.17, 15) is 4.79 Å². The number of carbonyl (C=O) groups excluding carboxylic acids is 1. The third kappa shape index (κ3) is 1.63. The summed E-state index contributed by atoms with van der Waals surface area (Å²) in [5.74, 6) is 1.65. The zero-order valence-corrected chi connectivity index (χ0v) is 4.64. The minimum Gasteiger partial charge on any atom is -0.367 e. The second-order valence-electron chi connectivity index (χ2n) is 1.29. The van der Waals surface area contributed by atoms with Crippen LogP contribution in [0.5, 0.6) is 0 Å². The van der Waals surface area contributed by atoms with Crippen LogP contribution in [0.2, 0.25) is 0 Å². The van der Waals surface area contributed by atoms with Gasteiger partial charge in [0.25, 0.3) is 0 Å². The molecule has 0 aromatic heterocycles. The van der Waals surface area contributed by atoms with E-state index in [4.69, 9.17) is 12.2 Å². The highest BCUT2D eigenvalue weighted by Gasteiger charge is 2.05. The van der Waals surface area contributed by atoms with Crippen LogP contribution in [0.1, 0.15) is 0 Å². The van der Waals surface area contributed by atoms with Gasteiger partial charge in [-0.15, -0.1) is 6.42 Å². The Labute approximate surface area is 48.2 Å². The molecule has 1 amide bonds. The summed E-state index contributed by atoms with van der Waals surface area (Å²) in [7, 11) is 1.58. The molecule has 0 saturated carbocycles. The predicted molar refractivity (Wildman–Crippen MR) is 30.9 cm³/mol. The lowest BCUT2D eigenvalue weighted by Gasteiger charge is -2.00. The maximum atomic E-state index is 10.2. The van der Waals surface area contributed by atoms with Crippen LogP contribution in [0.4, 0.5) is 0 Å². The molecular weight excluding hydrogens is 104 g/mol. The van der Waals surface area contributed by atoms with E-state index < -0.39 is 11.9 Å². The summed E-state index contributed by atoms with van der Waals surface area (Å²) in [6.45, 7) is 0. The molecule has 3 heteroatoms. The Morgan fingerprint density at radius 2 is 2.50 bits per heavy atom. The molecule has 0 radical (unpaired) electrons. The van der Waals surface area contributed by atoms with Crippen molar-refractivity contribution in [2.45, 2.75) is 6.04 Å². The number of nitrogens with two attached hydrogens (primary N) is 1. The first-order valence-corrected chi connectivity index (χ1v) is 2.15. The standard InChI is InChI=1S/C5H8N2O/c1-3-4(7-2)5(6)8/h1,4,7H,2H3,(H2,6,8)/t4-/m0/s1. The van der Waals surface area contributed by atoms with E-state index in [1.54, 1.807) is 7.05 Å². The summed E-state index contributed by atoms with van der Waals surface area (Å²) in [5.41, 5.74) is 4.81. The molecule has 0 aliphatic heterocycles. The lowest BCUT2D eigenvalue weighted by atomic mass is 10.3. The highest BCUT2D eigenvalue weighted by atomic mass is 16.1. The number of rotatable bonds is 2. The van der Waals surface area contributed by atoms with Crippen LogP contribution < -0.4 is 11.1 Å². The van der Waals surface area contributed by atoms with Gasteiger partial charge >= 0.3 is 0 Å². The summed E-state index contributed by atoms with van der Waals surface area (Å²) < 4.78 is 0. The number of primary amides is 1. The Hall–Kier alpha value is -1.01. The van der Waals surface area contributed by atoms with Crippen molar-refractivity contribution in [3.8, 4) is 12.3 Å². The molecule has 0 heterocycles. The molecular formula is C5H8N2O. The third-order valence-corrected chi connectivity index (χ3v) is 0.740. The van der Waals surface area contributed by atoms with Crippen LogP contribution in [0.25, 0.3) is 0 Å². The van der Waals surface area contributed by atoms with Crippen LogP contribution >= 0.6 is 0 Å². The van der Waals surface area contributed by atoms with Gasteiger partial charge in [-0.1, -0.05) is 5.92 Å². The highest BCUT2D eigenvalue weighted by molar-refractivity contribution is 5.82. The molecule has 0 saturated heterocycles. The lowest BCUT2D eigenvalue weighted by Crippen LogP contribution is -2.37. The SMILES string of the molecule is C#C[C@H](NC)C(N)=O. The van der Waals surface area contributed by atoms with Crippen molar-refractivity contribution in [3.63, 3.8) is 0 Å². The van der Waals surface area contributed by atoms with Gasteiger partial charge in [0.15, 0.2) is 0 Å². The fourth-order valence-corrected chi connectivity index (χ4v) is 0.308. The minimum atomic E-state index is -0.630. The van der Waals surface area contributed by atoms with E-state index in [1.165, 1.54) is 0 Å². The Kier molecular flexibility index (Phi) is 2.67. The summed E-state index contributed by atoms with van der Waals surface area (Å²) in [4.78, 5) is 10.2. The fraction of sp³-hybridized carbons (Fsp3) is 0.400. The van der Waals surface area contributed by atoms with E-state index >= 15 is 0 Å². The highest BCUT2D eigenvalue weighted by Crippen LogP contribution is 1.72. The lowest BCUT2D eigenvalue weighted by molar-refractivity contribution is -0.118. The van der Waals surface area contributed by atoms with E-state index in [1.807, 2.05) is 0 Å². The number of hydrogen-bond donors (Lipinski definition) is 2. The molecule has 0 fully saturated rings. The number of terminal acetylenes is 1. The normalized spacial score (nSPS) is 12.0. The average Bonchev–Trinajstić information content (AvgIpc) is 1.69. The molecule has 0 unspecified atom stereocenters. The van der Waals surface area contributed by atoms with Gasteiger partial charge in [-0.25, -0.2) is 0 Å². The molecule has 0 aliphatic rings. The molecule has 1 atom stereocenters. The molecule has 8 heavy (non-hydrogen) atoms. The summed E-state index contributed by atoms with van der Waals surface area (Å²) in [6, 6.07) is -0.630. The smallest absolute Gasteiger partial charge is 0.247 e. The van der Waals surface area contributed by atoms with Gasteiger partial charge in [0, 0.05) is 0 Å². The largest absolute Gasteiger partial charge is 0.367 e. The Morgan fingerprint density at radius 1 is 2.00 bits per heavy atom. The maximum Gasteiger partial charge on any atom is 0.247 e. The fourth-order valence-electron chi connectivity index (χ4n) is 0.308. The number of nitrogens with one attached hydrogen (secondary N) is 1. The van der Waals surface area contributed by atoms with Gasteiger partial charge in [-0.05, 0) is 7.05 Å². The van der Waals surface area contributed by atoms with E-state index in [-0.39, 0.29) is 0 Å². The maximum absolute atomic E-state index is 10.2. The Bertz CT molecular complexity index is 125. The van der Waals surface area contributed by atoms with Crippen LogP contribution in [0, 0.1) is 12.3 Å².